The number of rotatable bonds is 8. The van der Waals surface area contributed by atoms with Crippen molar-refractivity contribution in [3.05, 3.63) is 17.7 Å². The van der Waals surface area contributed by atoms with Gasteiger partial charge >= 0.3 is 0 Å². The van der Waals surface area contributed by atoms with Crippen LogP contribution in [0.25, 0.3) is 0 Å². The maximum atomic E-state index is 11.7. The molecule has 0 aliphatic carbocycles. The van der Waals surface area contributed by atoms with Crippen LogP contribution in [0.15, 0.2) is 17.0 Å². The molecule has 6 heteroatoms. The molecule has 0 atom stereocenters. The van der Waals surface area contributed by atoms with Gasteiger partial charge in [0.1, 0.15) is 0 Å². The van der Waals surface area contributed by atoms with E-state index in [1.807, 2.05) is 6.07 Å². The summed E-state index contributed by atoms with van der Waals surface area (Å²) in [6, 6.07) is 3.28. The monoisotopic (exact) mass is 313 g/mol. The van der Waals surface area contributed by atoms with Crippen molar-refractivity contribution in [2.24, 2.45) is 5.14 Å². The van der Waals surface area contributed by atoms with Crippen LogP contribution in [-0.2, 0) is 10.0 Å². The number of nitrogens with zero attached hydrogens (tertiary/aromatic N) is 1. The van der Waals surface area contributed by atoms with Gasteiger partial charge in [0.05, 0.1) is 4.90 Å². The van der Waals surface area contributed by atoms with Crippen LogP contribution in [-0.4, -0.2) is 21.5 Å². The van der Waals surface area contributed by atoms with Gasteiger partial charge in [-0.05, 0) is 37.5 Å². The summed E-state index contributed by atoms with van der Waals surface area (Å²) in [4.78, 5) is 2.34. The van der Waals surface area contributed by atoms with Crippen LogP contribution in [0.5, 0.6) is 0 Å². The molecule has 4 N–H and O–H groups in total. The van der Waals surface area contributed by atoms with E-state index in [4.69, 9.17) is 10.9 Å². The number of hydrogen-bond donors (Lipinski definition) is 2. The summed E-state index contributed by atoms with van der Waals surface area (Å²) in [5, 5.41) is 5.29. The van der Waals surface area contributed by atoms with Crippen LogP contribution >= 0.6 is 0 Å². The van der Waals surface area contributed by atoms with Crippen LogP contribution in [0.4, 0.5) is 11.4 Å². The first-order valence-electron chi connectivity index (χ1n) is 7.49. The predicted molar refractivity (Wildman–Crippen MR) is 89.0 cm³/mol. The lowest BCUT2D eigenvalue weighted by molar-refractivity contribution is 0.597. The van der Waals surface area contributed by atoms with Gasteiger partial charge in [-0.1, -0.05) is 26.7 Å². The Labute approximate surface area is 128 Å². The van der Waals surface area contributed by atoms with E-state index in [1.54, 1.807) is 6.92 Å². The Bertz CT molecular complexity index is 563. The Kier molecular flexibility index (Phi) is 6.48. The minimum atomic E-state index is -3.76. The van der Waals surface area contributed by atoms with E-state index >= 15 is 0 Å². The maximum Gasteiger partial charge on any atom is 0.238 e. The van der Waals surface area contributed by atoms with E-state index in [0.29, 0.717) is 11.3 Å². The van der Waals surface area contributed by atoms with Gasteiger partial charge in [-0.25, -0.2) is 13.6 Å². The van der Waals surface area contributed by atoms with Crippen molar-refractivity contribution < 1.29 is 8.42 Å². The Morgan fingerprint density at radius 1 is 1.10 bits per heavy atom. The summed E-state index contributed by atoms with van der Waals surface area (Å²) in [7, 11) is -3.76. The molecule has 0 saturated carbocycles. The van der Waals surface area contributed by atoms with Gasteiger partial charge < -0.3 is 10.6 Å². The molecule has 0 unspecified atom stereocenters. The van der Waals surface area contributed by atoms with Gasteiger partial charge in [0, 0.05) is 24.5 Å². The topological polar surface area (TPSA) is 89.4 Å². The summed E-state index contributed by atoms with van der Waals surface area (Å²) < 4.78 is 23.4. The highest BCUT2D eigenvalue weighted by atomic mass is 32.2. The highest BCUT2D eigenvalue weighted by Crippen LogP contribution is 2.29. The number of primary sulfonamides is 1. The van der Waals surface area contributed by atoms with E-state index in [9.17, 15) is 8.42 Å². The SMILES string of the molecule is CCCCN(CCCC)c1cc(N)cc(S(N)(=O)=O)c1C. The number of sulfonamides is 1. The lowest BCUT2D eigenvalue weighted by Crippen LogP contribution is -2.27. The second kappa shape index (κ2) is 7.66. The van der Waals surface area contributed by atoms with Gasteiger partial charge in [0.25, 0.3) is 0 Å². The molecule has 21 heavy (non-hydrogen) atoms. The molecule has 0 aliphatic heterocycles. The van der Waals surface area contributed by atoms with Crippen molar-refractivity contribution >= 4 is 21.4 Å². The molecule has 0 amide bonds. The molecule has 0 saturated heterocycles. The largest absolute Gasteiger partial charge is 0.399 e. The Balaban J connectivity index is 3.26. The van der Waals surface area contributed by atoms with Crippen molar-refractivity contribution in [2.45, 2.75) is 51.3 Å². The number of anilines is 2. The van der Waals surface area contributed by atoms with E-state index < -0.39 is 10.0 Å². The third kappa shape index (κ3) is 4.89. The fourth-order valence-corrected chi connectivity index (χ4v) is 3.20. The minimum absolute atomic E-state index is 0.121. The summed E-state index contributed by atoms with van der Waals surface area (Å²) in [6.07, 6.45) is 4.30. The number of hydrogen-bond acceptors (Lipinski definition) is 4. The minimum Gasteiger partial charge on any atom is -0.399 e. The number of nitrogen functional groups attached to an aromatic ring is 1. The average molecular weight is 313 g/mol. The Morgan fingerprint density at radius 3 is 2.05 bits per heavy atom. The highest BCUT2D eigenvalue weighted by Gasteiger charge is 2.18. The number of unbranched alkanes of at least 4 members (excludes halogenated alkanes) is 2. The zero-order valence-electron chi connectivity index (χ0n) is 13.2. The summed E-state index contributed by atoms with van der Waals surface area (Å²) in [5.74, 6) is 0. The lowest BCUT2D eigenvalue weighted by atomic mass is 10.1. The molecule has 1 aromatic rings. The molecule has 0 radical (unpaired) electrons. The molecule has 5 nitrogen and oxygen atoms in total. The van der Waals surface area contributed by atoms with E-state index in [-0.39, 0.29) is 4.90 Å². The van der Waals surface area contributed by atoms with E-state index in [2.05, 4.69) is 18.7 Å². The molecule has 120 valence electrons. The smallest absolute Gasteiger partial charge is 0.238 e. The molecular formula is C15H27N3O2S. The molecule has 1 rings (SSSR count). The van der Waals surface area contributed by atoms with E-state index in [0.717, 1.165) is 44.5 Å². The lowest BCUT2D eigenvalue weighted by Gasteiger charge is -2.27. The maximum absolute atomic E-state index is 11.7. The van der Waals surface area contributed by atoms with Crippen molar-refractivity contribution in [1.29, 1.82) is 0 Å². The number of benzene rings is 1. The first kappa shape index (κ1) is 17.8. The fraction of sp³-hybridized carbons (Fsp3) is 0.600. The van der Waals surface area contributed by atoms with Crippen molar-refractivity contribution in [1.82, 2.24) is 0 Å². The first-order valence-corrected chi connectivity index (χ1v) is 9.03. The molecule has 1 aromatic carbocycles. The quantitative estimate of drug-likeness (QED) is 0.722. The first-order chi connectivity index (χ1) is 9.81. The average Bonchev–Trinajstić information content (AvgIpc) is 2.40. The summed E-state index contributed by atoms with van der Waals surface area (Å²) in [6.45, 7) is 7.86. The van der Waals surface area contributed by atoms with Gasteiger partial charge in [-0.3, -0.25) is 0 Å². The van der Waals surface area contributed by atoms with Crippen LogP contribution < -0.4 is 15.8 Å². The zero-order chi connectivity index (χ0) is 16.0. The molecule has 0 spiro atoms. The van der Waals surface area contributed by atoms with Crippen LogP contribution in [0.1, 0.15) is 45.1 Å². The Morgan fingerprint density at radius 2 is 1.62 bits per heavy atom. The molecule has 0 aromatic heterocycles. The van der Waals surface area contributed by atoms with Crippen LogP contribution in [0.3, 0.4) is 0 Å². The number of nitrogens with two attached hydrogens (primary N) is 2. The third-order valence-electron chi connectivity index (χ3n) is 3.57. The molecule has 0 bridgehead atoms. The van der Waals surface area contributed by atoms with Crippen molar-refractivity contribution in [2.75, 3.05) is 23.7 Å². The van der Waals surface area contributed by atoms with E-state index in [1.165, 1.54) is 6.07 Å². The second-order valence-electron chi connectivity index (χ2n) is 5.40. The van der Waals surface area contributed by atoms with Crippen molar-refractivity contribution in [3.63, 3.8) is 0 Å². The van der Waals surface area contributed by atoms with Crippen LogP contribution in [0.2, 0.25) is 0 Å². The standard InChI is InChI=1S/C15H27N3O2S/c1-4-6-8-18(9-7-5-2)14-10-13(16)11-15(12(14)3)21(17,19)20/h10-11H,4-9,16H2,1-3H3,(H2,17,19,20). The van der Waals surface area contributed by atoms with Crippen LogP contribution in [0, 0.1) is 6.92 Å². The second-order valence-corrected chi connectivity index (χ2v) is 6.93. The molecule has 0 heterocycles. The van der Waals surface area contributed by atoms with Gasteiger partial charge in [-0.15, -0.1) is 0 Å². The zero-order valence-corrected chi connectivity index (χ0v) is 14.0. The normalized spacial score (nSPS) is 11.6. The molecule has 0 aliphatic rings. The predicted octanol–water partition coefficient (Wildman–Crippen LogP) is 2.63. The Hall–Kier alpha value is -1.27. The molecular weight excluding hydrogens is 286 g/mol. The van der Waals surface area contributed by atoms with Gasteiger partial charge in [-0.2, -0.15) is 0 Å². The summed E-state index contributed by atoms with van der Waals surface area (Å²) >= 11 is 0. The highest BCUT2D eigenvalue weighted by molar-refractivity contribution is 7.89. The van der Waals surface area contributed by atoms with Gasteiger partial charge in [0.15, 0.2) is 0 Å². The molecule has 0 fully saturated rings. The summed E-state index contributed by atoms with van der Waals surface area (Å²) in [5.41, 5.74) is 7.86. The van der Waals surface area contributed by atoms with Crippen molar-refractivity contribution in [3.8, 4) is 0 Å². The fourth-order valence-electron chi connectivity index (χ4n) is 2.37. The van der Waals surface area contributed by atoms with Gasteiger partial charge in [0.2, 0.25) is 10.0 Å². The third-order valence-corrected chi connectivity index (χ3v) is 4.60.